The molecular formula is C24H38O7S. The van der Waals surface area contributed by atoms with E-state index >= 15 is 0 Å². The van der Waals surface area contributed by atoms with Gasteiger partial charge in [-0.05, 0) is 25.0 Å². The van der Waals surface area contributed by atoms with Gasteiger partial charge in [-0.3, -0.25) is 4.55 Å². The van der Waals surface area contributed by atoms with E-state index in [9.17, 15) is 18.0 Å². The summed E-state index contributed by atoms with van der Waals surface area (Å²) in [6, 6.07) is 6.09. The smallest absolute Gasteiger partial charge is 0.339 e. The van der Waals surface area contributed by atoms with E-state index in [1.54, 1.807) is 19.1 Å². The largest absolute Gasteiger partial charge is 0.462 e. The molecule has 0 radical (unpaired) electrons. The fourth-order valence-electron chi connectivity index (χ4n) is 3.33. The van der Waals surface area contributed by atoms with Crippen LogP contribution in [0.2, 0.25) is 0 Å². The normalized spacial score (nSPS) is 12.3. The molecule has 0 bridgehead atoms. The molecule has 0 saturated carbocycles. The fraction of sp³-hybridized carbons (Fsp3) is 0.667. The van der Waals surface area contributed by atoms with Crippen molar-refractivity contribution in [3.63, 3.8) is 0 Å². The van der Waals surface area contributed by atoms with Crippen LogP contribution in [0.4, 0.5) is 0 Å². The second-order valence-electron chi connectivity index (χ2n) is 8.01. The van der Waals surface area contributed by atoms with Gasteiger partial charge >= 0.3 is 11.9 Å². The number of esters is 2. The van der Waals surface area contributed by atoms with Gasteiger partial charge in [0, 0.05) is 0 Å². The minimum Gasteiger partial charge on any atom is -0.462 e. The Labute approximate surface area is 192 Å². The van der Waals surface area contributed by atoms with Crippen LogP contribution in [-0.4, -0.2) is 43.4 Å². The van der Waals surface area contributed by atoms with Crippen molar-refractivity contribution in [1.29, 1.82) is 0 Å². The summed E-state index contributed by atoms with van der Waals surface area (Å²) in [4.78, 5) is 24.8. The molecule has 0 heterocycles. The molecular weight excluding hydrogens is 432 g/mol. The second kappa shape index (κ2) is 15.8. The van der Waals surface area contributed by atoms with Gasteiger partial charge in [-0.1, -0.05) is 83.8 Å². The van der Waals surface area contributed by atoms with Crippen molar-refractivity contribution in [2.75, 3.05) is 13.2 Å². The first-order valence-corrected chi connectivity index (χ1v) is 13.2. The fourth-order valence-corrected chi connectivity index (χ4v) is 3.99. The molecule has 0 aliphatic heterocycles. The van der Waals surface area contributed by atoms with Crippen LogP contribution in [0.3, 0.4) is 0 Å². The van der Waals surface area contributed by atoms with E-state index in [1.807, 2.05) is 0 Å². The highest BCUT2D eigenvalue weighted by molar-refractivity contribution is 7.86. The molecule has 1 rings (SSSR count). The lowest BCUT2D eigenvalue weighted by Crippen LogP contribution is -2.27. The maximum Gasteiger partial charge on any atom is 0.339 e. The van der Waals surface area contributed by atoms with Crippen molar-refractivity contribution >= 4 is 22.1 Å². The van der Waals surface area contributed by atoms with Crippen LogP contribution in [0.15, 0.2) is 24.3 Å². The highest BCUT2D eigenvalue weighted by Gasteiger charge is 2.25. The highest BCUT2D eigenvalue weighted by Crippen LogP contribution is 2.15. The van der Waals surface area contributed by atoms with E-state index in [4.69, 9.17) is 14.0 Å². The predicted molar refractivity (Wildman–Crippen MR) is 124 cm³/mol. The van der Waals surface area contributed by atoms with Gasteiger partial charge in [0.05, 0.1) is 17.7 Å². The van der Waals surface area contributed by atoms with Crippen LogP contribution in [0.1, 0.15) is 105 Å². The zero-order chi connectivity index (χ0) is 23.8. The Morgan fingerprint density at radius 2 is 1.28 bits per heavy atom. The summed E-state index contributed by atoms with van der Waals surface area (Å²) in [5.41, 5.74) is 0.0789. The van der Waals surface area contributed by atoms with Gasteiger partial charge in [-0.15, -0.1) is 0 Å². The van der Waals surface area contributed by atoms with Crippen molar-refractivity contribution in [3.05, 3.63) is 35.4 Å². The quantitative estimate of drug-likeness (QED) is 0.180. The number of rotatable bonds is 17. The topological polar surface area (TPSA) is 107 Å². The lowest BCUT2D eigenvalue weighted by Gasteiger charge is -2.13. The van der Waals surface area contributed by atoms with Crippen LogP contribution in [0, 0.1) is 0 Å². The van der Waals surface area contributed by atoms with Gasteiger partial charge in [0.25, 0.3) is 10.1 Å². The number of unbranched alkanes of at least 4 members (excludes halogenated alkanes) is 9. The molecule has 182 valence electrons. The van der Waals surface area contributed by atoms with Gasteiger partial charge in [-0.2, -0.15) is 8.42 Å². The van der Waals surface area contributed by atoms with E-state index in [0.717, 1.165) is 19.3 Å². The molecule has 1 aromatic rings. The average molecular weight is 471 g/mol. The molecule has 1 atom stereocenters. The summed E-state index contributed by atoms with van der Waals surface area (Å²) in [5, 5.41) is -1.21. The molecule has 1 N–H and O–H groups in total. The SMILES string of the molecule is CCCCCCCCCCCCOC(=O)c1ccccc1C(=O)OCC(CC)S(=O)(=O)O. The maximum absolute atomic E-state index is 12.4. The summed E-state index contributed by atoms with van der Waals surface area (Å²) >= 11 is 0. The Kier molecular flexibility index (Phi) is 13.9. The molecule has 0 aromatic heterocycles. The summed E-state index contributed by atoms with van der Waals surface area (Å²) in [7, 11) is -4.32. The van der Waals surface area contributed by atoms with Crippen molar-refractivity contribution < 1.29 is 32.0 Å². The molecule has 0 aliphatic carbocycles. The third kappa shape index (κ3) is 11.1. The lowest BCUT2D eigenvalue weighted by molar-refractivity contribution is 0.0452. The van der Waals surface area contributed by atoms with Crippen molar-refractivity contribution in [2.45, 2.75) is 89.7 Å². The van der Waals surface area contributed by atoms with Gasteiger partial charge in [0.1, 0.15) is 11.9 Å². The Balaban J connectivity index is 2.39. The second-order valence-corrected chi connectivity index (χ2v) is 9.70. The lowest BCUT2D eigenvalue weighted by atomic mass is 10.1. The van der Waals surface area contributed by atoms with Gasteiger partial charge in [0.2, 0.25) is 0 Å². The van der Waals surface area contributed by atoms with Crippen LogP contribution < -0.4 is 0 Å². The van der Waals surface area contributed by atoms with Crippen LogP contribution in [-0.2, 0) is 19.6 Å². The van der Waals surface area contributed by atoms with E-state index in [-0.39, 0.29) is 24.2 Å². The molecule has 1 aromatic carbocycles. The van der Waals surface area contributed by atoms with Crippen molar-refractivity contribution in [3.8, 4) is 0 Å². The van der Waals surface area contributed by atoms with Crippen molar-refractivity contribution in [2.24, 2.45) is 0 Å². The third-order valence-electron chi connectivity index (χ3n) is 5.37. The van der Waals surface area contributed by atoms with E-state index in [2.05, 4.69) is 6.92 Å². The maximum atomic E-state index is 12.4. The minimum absolute atomic E-state index is 0.00534. The first kappa shape index (κ1) is 28.1. The van der Waals surface area contributed by atoms with Crippen LogP contribution in [0.5, 0.6) is 0 Å². The average Bonchev–Trinajstić information content (AvgIpc) is 2.76. The van der Waals surface area contributed by atoms with E-state index in [0.29, 0.717) is 0 Å². The molecule has 1 unspecified atom stereocenters. The zero-order valence-corrected chi connectivity index (χ0v) is 20.2. The molecule has 0 spiro atoms. The van der Waals surface area contributed by atoms with Gasteiger partial charge in [0.15, 0.2) is 0 Å². The number of carbonyl (C=O) groups excluding carboxylic acids is 2. The monoisotopic (exact) mass is 470 g/mol. The number of hydrogen-bond acceptors (Lipinski definition) is 6. The molecule has 0 fully saturated rings. The number of hydrogen-bond donors (Lipinski definition) is 1. The first-order chi connectivity index (χ1) is 15.3. The highest BCUT2D eigenvalue weighted by atomic mass is 32.2. The standard InChI is InChI=1S/C24H38O7S/c1-3-5-6-7-8-9-10-11-12-15-18-30-23(25)21-16-13-14-17-22(21)24(26)31-19-20(4-2)32(27,28)29/h13-14,16-17,20H,3-12,15,18-19H2,1-2H3,(H,27,28,29). The number of ether oxygens (including phenoxy) is 2. The van der Waals surface area contributed by atoms with Crippen LogP contribution in [0.25, 0.3) is 0 Å². The Morgan fingerprint density at radius 1 is 0.812 bits per heavy atom. The van der Waals surface area contributed by atoms with Crippen molar-refractivity contribution in [1.82, 2.24) is 0 Å². The van der Waals surface area contributed by atoms with Gasteiger partial charge in [-0.25, -0.2) is 9.59 Å². The summed E-state index contributed by atoms with van der Waals surface area (Å²) in [6.07, 6.45) is 11.9. The molecule has 0 aliphatic rings. The van der Waals surface area contributed by atoms with E-state index < -0.39 is 33.9 Å². The van der Waals surface area contributed by atoms with Crippen LogP contribution >= 0.6 is 0 Å². The summed E-state index contributed by atoms with van der Waals surface area (Å²) < 4.78 is 42.0. The first-order valence-electron chi connectivity index (χ1n) is 11.7. The third-order valence-corrected chi connectivity index (χ3v) is 6.69. The van der Waals surface area contributed by atoms with E-state index in [1.165, 1.54) is 57.1 Å². The number of carbonyl (C=O) groups is 2. The Bertz CT molecular complexity index is 789. The molecule has 0 amide bonds. The Morgan fingerprint density at radius 3 is 1.75 bits per heavy atom. The zero-order valence-electron chi connectivity index (χ0n) is 19.4. The Hall–Kier alpha value is -1.93. The number of benzene rings is 1. The molecule has 32 heavy (non-hydrogen) atoms. The molecule has 7 nitrogen and oxygen atoms in total. The molecule has 0 saturated heterocycles. The summed E-state index contributed by atoms with van der Waals surface area (Å²) in [5.74, 6) is -1.45. The minimum atomic E-state index is -4.32. The predicted octanol–water partition coefficient (Wildman–Crippen LogP) is 5.59. The molecule has 8 heteroatoms. The summed E-state index contributed by atoms with van der Waals surface area (Å²) in [6.45, 7) is 3.56. The van der Waals surface area contributed by atoms with Gasteiger partial charge < -0.3 is 9.47 Å².